The maximum atomic E-state index is 4.19. The maximum absolute atomic E-state index is 4.19. The zero-order chi connectivity index (χ0) is 22.5. The Hall–Kier alpha value is -4.49. The molecule has 0 saturated carbocycles. The quantitative estimate of drug-likeness (QED) is 0.272. The summed E-state index contributed by atoms with van der Waals surface area (Å²) < 4.78 is 0. The Balaban J connectivity index is 1.40. The third-order valence-corrected chi connectivity index (χ3v) is 6.91. The van der Waals surface area contributed by atoms with Crippen LogP contribution in [0.5, 0.6) is 0 Å². The van der Waals surface area contributed by atoms with Crippen LogP contribution >= 0.6 is 0 Å². The molecular weight excluding hydrogens is 410 g/mol. The number of rotatable bonds is 3. The van der Waals surface area contributed by atoms with Crippen molar-refractivity contribution >= 4 is 10.8 Å². The van der Waals surface area contributed by atoms with E-state index in [0.717, 1.165) is 0 Å². The van der Waals surface area contributed by atoms with Gasteiger partial charge >= 0.3 is 0 Å². The molecule has 0 aliphatic heterocycles. The van der Waals surface area contributed by atoms with Crippen molar-refractivity contribution in [3.05, 3.63) is 128 Å². The fourth-order valence-electron chi connectivity index (χ4n) is 5.37. The van der Waals surface area contributed by atoms with E-state index in [4.69, 9.17) is 0 Å². The van der Waals surface area contributed by atoms with Crippen LogP contribution in [0.1, 0.15) is 0 Å². The van der Waals surface area contributed by atoms with Gasteiger partial charge in [-0.2, -0.15) is 0 Å². The lowest BCUT2D eigenvalue weighted by Gasteiger charge is -2.13. The first kappa shape index (κ1) is 19.0. The molecular formula is C33H21N. The van der Waals surface area contributed by atoms with Gasteiger partial charge < -0.3 is 0 Å². The van der Waals surface area contributed by atoms with Crippen LogP contribution < -0.4 is 0 Å². The minimum atomic E-state index is 1.18. The van der Waals surface area contributed by atoms with Crippen molar-refractivity contribution in [2.24, 2.45) is 0 Å². The van der Waals surface area contributed by atoms with Gasteiger partial charge in [0.05, 0.1) is 0 Å². The number of hydrogen-bond donors (Lipinski definition) is 0. The Morgan fingerprint density at radius 2 is 0.971 bits per heavy atom. The molecule has 7 rings (SSSR count). The minimum Gasteiger partial charge on any atom is -0.265 e. The summed E-state index contributed by atoms with van der Waals surface area (Å²) in [5.74, 6) is 0. The molecule has 0 radical (unpaired) electrons. The molecule has 0 atom stereocenters. The lowest BCUT2D eigenvalue weighted by atomic mass is 9.91. The number of fused-ring (bicyclic) bond motifs is 3. The second-order valence-corrected chi connectivity index (χ2v) is 8.84. The van der Waals surface area contributed by atoms with Crippen molar-refractivity contribution in [1.82, 2.24) is 4.98 Å². The van der Waals surface area contributed by atoms with E-state index in [1.807, 2.05) is 12.4 Å². The van der Waals surface area contributed by atoms with Gasteiger partial charge in [0.25, 0.3) is 0 Å². The van der Waals surface area contributed by atoms with Crippen molar-refractivity contribution < 1.29 is 0 Å². The molecule has 1 heteroatoms. The summed E-state index contributed by atoms with van der Waals surface area (Å²) >= 11 is 0. The van der Waals surface area contributed by atoms with Crippen molar-refractivity contribution in [2.75, 3.05) is 0 Å². The van der Waals surface area contributed by atoms with Crippen molar-refractivity contribution in [2.45, 2.75) is 0 Å². The fraction of sp³-hybridized carbons (Fsp3) is 0. The molecule has 158 valence electrons. The van der Waals surface area contributed by atoms with Crippen LogP contribution in [0.3, 0.4) is 0 Å². The van der Waals surface area contributed by atoms with Gasteiger partial charge in [-0.25, -0.2) is 0 Å². The summed E-state index contributed by atoms with van der Waals surface area (Å²) in [6.07, 6.45) is 3.71. The first-order chi connectivity index (χ1) is 16.9. The Labute approximate surface area is 199 Å². The molecule has 1 aromatic heterocycles. The molecule has 1 nitrogen and oxygen atoms in total. The van der Waals surface area contributed by atoms with E-state index in [2.05, 4.69) is 120 Å². The molecule has 1 heterocycles. The number of benzene rings is 5. The summed E-state index contributed by atoms with van der Waals surface area (Å²) in [6, 6.07) is 41.8. The molecule has 1 aliphatic carbocycles. The van der Waals surface area contributed by atoms with Gasteiger partial charge in [-0.05, 0) is 96.7 Å². The molecule has 0 N–H and O–H groups in total. The molecule has 0 saturated heterocycles. The average molecular weight is 432 g/mol. The molecule has 34 heavy (non-hydrogen) atoms. The van der Waals surface area contributed by atoms with Crippen molar-refractivity contribution in [3.8, 4) is 55.6 Å². The maximum Gasteiger partial charge on any atom is 0.0273 e. The van der Waals surface area contributed by atoms with Gasteiger partial charge in [0.1, 0.15) is 0 Å². The molecule has 0 amide bonds. The lowest BCUT2D eigenvalue weighted by Crippen LogP contribution is -1.87. The molecule has 5 aromatic carbocycles. The molecule has 0 unspecified atom stereocenters. The van der Waals surface area contributed by atoms with Crippen LogP contribution in [0.15, 0.2) is 128 Å². The highest BCUT2D eigenvalue weighted by atomic mass is 14.6. The first-order valence-corrected chi connectivity index (χ1v) is 11.6. The van der Waals surface area contributed by atoms with E-state index in [1.54, 1.807) is 0 Å². The summed E-state index contributed by atoms with van der Waals surface area (Å²) in [6.45, 7) is 0. The highest BCUT2D eigenvalue weighted by Crippen LogP contribution is 2.48. The molecule has 6 aromatic rings. The Morgan fingerprint density at radius 1 is 0.353 bits per heavy atom. The lowest BCUT2D eigenvalue weighted by molar-refractivity contribution is 1.33. The van der Waals surface area contributed by atoms with Crippen LogP contribution in [-0.4, -0.2) is 4.98 Å². The smallest absolute Gasteiger partial charge is 0.0273 e. The van der Waals surface area contributed by atoms with Crippen LogP contribution in [0.4, 0.5) is 0 Å². The predicted octanol–water partition coefficient (Wildman–Crippen LogP) is 8.88. The highest BCUT2D eigenvalue weighted by molar-refractivity contribution is 6.16. The van der Waals surface area contributed by atoms with E-state index < -0.39 is 0 Å². The van der Waals surface area contributed by atoms with Crippen LogP contribution in [0.2, 0.25) is 0 Å². The van der Waals surface area contributed by atoms with Crippen molar-refractivity contribution in [3.63, 3.8) is 0 Å². The molecule has 0 spiro atoms. The largest absolute Gasteiger partial charge is 0.265 e. The standard InChI is InChI=1S/C33H21N/c1-2-11-28(27(10-1)22-15-17-34-18-16-22)24-8-5-7-23(19-24)26-20-25-9-6-14-31-29-12-3-4-13-30(29)32(21-26)33(25)31/h1-21H. The zero-order valence-electron chi connectivity index (χ0n) is 18.6. The number of hydrogen-bond acceptors (Lipinski definition) is 1. The van der Waals surface area contributed by atoms with E-state index in [0.29, 0.717) is 0 Å². The Bertz CT molecular complexity index is 1700. The predicted molar refractivity (Wildman–Crippen MR) is 142 cm³/mol. The SMILES string of the molecule is c1cc(-c2cc3c4c(cccc4c2)-c2ccccc2-3)cc(-c2ccccc2-c2ccncc2)c1. The second kappa shape index (κ2) is 7.54. The summed E-state index contributed by atoms with van der Waals surface area (Å²) in [4.78, 5) is 4.19. The van der Waals surface area contributed by atoms with Gasteiger partial charge in [-0.1, -0.05) is 84.9 Å². The van der Waals surface area contributed by atoms with Gasteiger partial charge in [0, 0.05) is 12.4 Å². The topological polar surface area (TPSA) is 12.9 Å². The molecule has 1 aliphatic rings. The molecule has 0 fully saturated rings. The van der Waals surface area contributed by atoms with Crippen molar-refractivity contribution in [1.29, 1.82) is 0 Å². The van der Waals surface area contributed by atoms with E-state index in [1.165, 1.54) is 66.4 Å². The average Bonchev–Trinajstić information content (AvgIpc) is 3.24. The fourth-order valence-corrected chi connectivity index (χ4v) is 5.37. The van der Waals surface area contributed by atoms with Gasteiger partial charge in [0.2, 0.25) is 0 Å². The van der Waals surface area contributed by atoms with Crippen LogP contribution in [0.25, 0.3) is 66.4 Å². The van der Waals surface area contributed by atoms with E-state index >= 15 is 0 Å². The Morgan fingerprint density at radius 3 is 1.76 bits per heavy atom. The monoisotopic (exact) mass is 431 g/mol. The molecule has 0 bridgehead atoms. The van der Waals surface area contributed by atoms with Crippen LogP contribution in [-0.2, 0) is 0 Å². The van der Waals surface area contributed by atoms with Gasteiger partial charge in [-0.3, -0.25) is 4.98 Å². The number of aromatic nitrogens is 1. The van der Waals surface area contributed by atoms with Gasteiger partial charge in [0.15, 0.2) is 0 Å². The third-order valence-electron chi connectivity index (χ3n) is 6.91. The normalized spacial score (nSPS) is 11.5. The third kappa shape index (κ3) is 2.91. The highest BCUT2D eigenvalue weighted by Gasteiger charge is 2.21. The summed E-state index contributed by atoms with van der Waals surface area (Å²) in [5, 5.41) is 2.66. The second-order valence-electron chi connectivity index (χ2n) is 8.84. The summed E-state index contributed by atoms with van der Waals surface area (Å²) in [5.41, 5.74) is 12.7. The van der Waals surface area contributed by atoms with Crippen LogP contribution in [0, 0.1) is 0 Å². The first-order valence-electron chi connectivity index (χ1n) is 11.6. The Kier molecular flexibility index (Phi) is 4.22. The number of nitrogens with zero attached hydrogens (tertiary/aromatic N) is 1. The van der Waals surface area contributed by atoms with E-state index in [9.17, 15) is 0 Å². The van der Waals surface area contributed by atoms with E-state index in [-0.39, 0.29) is 0 Å². The van der Waals surface area contributed by atoms with Gasteiger partial charge in [-0.15, -0.1) is 0 Å². The minimum absolute atomic E-state index is 1.18. The summed E-state index contributed by atoms with van der Waals surface area (Å²) in [7, 11) is 0. The number of pyridine rings is 1. The zero-order valence-corrected chi connectivity index (χ0v) is 18.6.